The largest absolute Gasteiger partial charge is 0.457 e. The molecule has 8 nitrogen and oxygen atoms in total. The van der Waals surface area contributed by atoms with Gasteiger partial charge in [-0.1, -0.05) is 30.7 Å². The van der Waals surface area contributed by atoms with Crippen LogP contribution in [0.5, 0.6) is 11.5 Å². The Morgan fingerprint density at radius 3 is 2.71 bits per heavy atom. The second-order valence-electron chi connectivity index (χ2n) is 10.4. The van der Waals surface area contributed by atoms with E-state index in [1.165, 1.54) is 11.3 Å². The van der Waals surface area contributed by atoms with Crippen LogP contribution in [0.25, 0.3) is 10.2 Å². The van der Waals surface area contributed by atoms with Crippen LogP contribution in [0, 0.1) is 12.8 Å². The van der Waals surface area contributed by atoms with Gasteiger partial charge in [0, 0.05) is 18.2 Å². The molecule has 2 aromatic carbocycles. The minimum Gasteiger partial charge on any atom is -0.457 e. The Balaban J connectivity index is 1.28. The molecule has 41 heavy (non-hydrogen) atoms. The molecule has 0 saturated heterocycles. The second kappa shape index (κ2) is 11.2. The van der Waals surface area contributed by atoms with E-state index in [0.717, 1.165) is 36.0 Å². The average molecular weight is 567 g/mol. The first kappa shape index (κ1) is 26.7. The summed E-state index contributed by atoms with van der Waals surface area (Å²) in [5.74, 6) is 1.17. The molecule has 9 heteroatoms. The highest BCUT2D eigenvalue weighted by molar-refractivity contribution is 7.21. The van der Waals surface area contributed by atoms with Gasteiger partial charge in [0.25, 0.3) is 5.91 Å². The molecular formula is C32H30N4O4S. The van der Waals surface area contributed by atoms with Crippen LogP contribution in [-0.2, 0) is 4.79 Å². The normalized spacial score (nSPS) is 18.4. The summed E-state index contributed by atoms with van der Waals surface area (Å²) >= 11 is 1.26. The Morgan fingerprint density at radius 2 is 1.93 bits per heavy atom. The van der Waals surface area contributed by atoms with Gasteiger partial charge in [0.05, 0.1) is 22.4 Å². The number of pyridine rings is 1. The molecule has 0 radical (unpaired) electrons. The molecule has 1 aliphatic carbocycles. The van der Waals surface area contributed by atoms with Crippen LogP contribution in [0.4, 0.5) is 21.9 Å². The maximum absolute atomic E-state index is 13.6. The van der Waals surface area contributed by atoms with Crippen molar-refractivity contribution in [1.29, 1.82) is 0 Å². The van der Waals surface area contributed by atoms with Gasteiger partial charge in [0.15, 0.2) is 5.78 Å². The highest BCUT2D eigenvalue weighted by Crippen LogP contribution is 2.46. The van der Waals surface area contributed by atoms with E-state index in [1.807, 2.05) is 62.4 Å². The number of thiophene rings is 1. The molecule has 1 aliphatic heterocycles. The minimum atomic E-state index is -0.355. The first-order chi connectivity index (χ1) is 19.9. The molecule has 4 aromatic rings. The van der Waals surface area contributed by atoms with Crippen molar-refractivity contribution >= 4 is 56.3 Å². The summed E-state index contributed by atoms with van der Waals surface area (Å²) < 4.78 is 5.97. The number of aryl methyl sites for hydroxylation is 1. The number of carbonyl (C=O) groups is 3. The number of allylic oxidation sites excluding steroid dienone is 2. The van der Waals surface area contributed by atoms with E-state index in [0.29, 0.717) is 38.9 Å². The summed E-state index contributed by atoms with van der Waals surface area (Å²) in [4.78, 5) is 46.7. The number of benzene rings is 2. The molecule has 6 rings (SSSR count). The number of nitrogens with zero attached hydrogens (tertiary/aromatic N) is 2. The van der Waals surface area contributed by atoms with Crippen molar-refractivity contribution in [1.82, 2.24) is 10.3 Å². The molecule has 3 amide bonds. The van der Waals surface area contributed by atoms with Gasteiger partial charge in [0.2, 0.25) is 0 Å². The summed E-state index contributed by atoms with van der Waals surface area (Å²) in [6.07, 6.45) is 8.18. The maximum Gasteiger partial charge on any atom is 0.331 e. The number of ether oxygens (including phenoxy) is 1. The van der Waals surface area contributed by atoms with Gasteiger partial charge in [-0.2, -0.15) is 0 Å². The standard InChI is InChI=1S/C32H30N4O4S/c1-3-8-26(37)20-9-7-10-21(18-20)34-30(38)29-28-27-25(15-16-33-31(27)41-29)36(32(39)35-28)24-14-13-23(17-19(24)2)40-22-11-5-4-6-12-22/h3-6,8,11-17,20-21H,7,9-10,18H2,1-2H3,(H,34,38)(H,35,39)/b8-3-/t20?,21-/m1/s1. The van der Waals surface area contributed by atoms with E-state index >= 15 is 0 Å². The van der Waals surface area contributed by atoms with E-state index in [1.54, 1.807) is 29.3 Å². The highest BCUT2D eigenvalue weighted by Gasteiger charge is 2.34. The maximum atomic E-state index is 13.6. The molecule has 1 unspecified atom stereocenters. The van der Waals surface area contributed by atoms with Gasteiger partial charge in [-0.25, -0.2) is 9.78 Å². The van der Waals surface area contributed by atoms with Gasteiger partial charge in [0.1, 0.15) is 21.2 Å². The number of hydrogen-bond donors (Lipinski definition) is 2. The molecular weight excluding hydrogens is 536 g/mol. The molecule has 1 fully saturated rings. The molecule has 1 saturated carbocycles. The Morgan fingerprint density at radius 1 is 1.10 bits per heavy atom. The quantitative estimate of drug-likeness (QED) is 0.225. The number of ketones is 1. The first-order valence-corrected chi connectivity index (χ1v) is 14.6. The van der Waals surface area contributed by atoms with Crippen LogP contribution in [0.1, 0.15) is 47.8 Å². The Labute approximate surface area is 242 Å². The van der Waals surface area contributed by atoms with Crippen LogP contribution in [0.3, 0.4) is 0 Å². The van der Waals surface area contributed by atoms with Gasteiger partial charge >= 0.3 is 6.03 Å². The number of carbonyl (C=O) groups excluding carboxylic acids is 3. The van der Waals surface area contributed by atoms with Crippen molar-refractivity contribution in [3.63, 3.8) is 0 Å². The SMILES string of the molecule is C/C=C\C(=O)C1CCC[C@@H](NC(=O)c2sc3nccc4c3c2NC(=O)N4c2ccc(Oc3ccccc3)cc2C)C1. The van der Waals surface area contributed by atoms with E-state index in [9.17, 15) is 14.4 Å². The first-order valence-electron chi connectivity index (χ1n) is 13.8. The van der Waals surface area contributed by atoms with Crippen molar-refractivity contribution in [3.05, 3.63) is 83.4 Å². The zero-order chi connectivity index (χ0) is 28.5. The van der Waals surface area contributed by atoms with Crippen molar-refractivity contribution in [2.45, 2.75) is 45.6 Å². The fraction of sp³-hybridized carbons (Fsp3) is 0.250. The Hall–Kier alpha value is -4.50. The topological polar surface area (TPSA) is 101 Å². The lowest BCUT2D eigenvalue weighted by atomic mass is 9.83. The lowest BCUT2D eigenvalue weighted by molar-refractivity contribution is -0.119. The number of amides is 3. The fourth-order valence-electron chi connectivity index (χ4n) is 5.68. The predicted molar refractivity (Wildman–Crippen MR) is 162 cm³/mol. The van der Waals surface area contributed by atoms with E-state index in [-0.39, 0.29) is 29.7 Å². The lowest BCUT2D eigenvalue weighted by Gasteiger charge is -2.30. The van der Waals surface area contributed by atoms with Crippen molar-refractivity contribution in [3.8, 4) is 11.5 Å². The zero-order valence-corrected chi connectivity index (χ0v) is 23.7. The number of aromatic nitrogens is 1. The lowest BCUT2D eigenvalue weighted by Crippen LogP contribution is -2.40. The molecule has 0 spiro atoms. The third kappa shape index (κ3) is 5.20. The van der Waals surface area contributed by atoms with Crippen molar-refractivity contribution in [2.24, 2.45) is 5.92 Å². The number of nitrogens with one attached hydrogen (secondary N) is 2. The molecule has 0 bridgehead atoms. The summed E-state index contributed by atoms with van der Waals surface area (Å²) in [6, 6.07) is 16.5. The summed E-state index contributed by atoms with van der Waals surface area (Å²) in [5.41, 5.74) is 2.70. The molecule has 208 valence electrons. The summed E-state index contributed by atoms with van der Waals surface area (Å²) in [5, 5.41) is 6.82. The Bertz CT molecular complexity index is 1680. The monoisotopic (exact) mass is 566 g/mol. The van der Waals surface area contributed by atoms with E-state index in [4.69, 9.17) is 4.74 Å². The summed E-state index contributed by atoms with van der Waals surface area (Å²) in [7, 11) is 0. The van der Waals surface area contributed by atoms with Gasteiger partial charge in [-0.3, -0.25) is 14.5 Å². The molecule has 3 heterocycles. The van der Waals surface area contributed by atoms with Crippen LogP contribution < -0.4 is 20.3 Å². The average Bonchev–Trinajstić information content (AvgIpc) is 3.34. The molecule has 2 atom stereocenters. The number of para-hydroxylation sites is 1. The summed E-state index contributed by atoms with van der Waals surface area (Å²) in [6.45, 7) is 3.76. The fourth-order valence-corrected chi connectivity index (χ4v) is 6.70. The van der Waals surface area contributed by atoms with E-state index < -0.39 is 0 Å². The molecule has 2 N–H and O–H groups in total. The second-order valence-corrected chi connectivity index (χ2v) is 11.4. The molecule has 2 aromatic heterocycles. The van der Waals surface area contributed by atoms with Gasteiger partial charge in [-0.05, 0) is 81.1 Å². The van der Waals surface area contributed by atoms with Crippen LogP contribution in [0.15, 0.2) is 72.9 Å². The molecule has 2 aliphatic rings. The number of hydrogen-bond acceptors (Lipinski definition) is 6. The number of rotatable bonds is 7. The van der Waals surface area contributed by atoms with Gasteiger partial charge < -0.3 is 15.4 Å². The third-order valence-electron chi connectivity index (χ3n) is 7.58. The predicted octanol–water partition coefficient (Wildman–Crippen LogP) is 7.51. The zero-order valence-electron chi connectivity index (χ0n) is 22.8. The minimum absolute atomic E-state index is 0.0831. The van der Waals surface area contributed by atoms with Crippen LogP contribution in [-0.4, -0.2) is 28.7 Å². The van der Waals surface area contributed by atoms with Crippen molar-refractivity contribution < 1.29 is 19.1 Å². The van der Waals surface area contributed by atoms with E-state index in [2.05, 4.69) is 15.6 Å². The highest BCUT2D eigenvalue weighted by atomic mass is 32.1. The Kier molecular flexibility index (Phi) is 7.28. The van der Waals surface area contributed by atoms with Crippen LogP contribution >= 0.6 is 11.3 Å². The smallest absolute Gasteiger partial charge is 0.331 e. The van der Waals surface area contributed by atoms with Crippen LogP contribution in [0.2, 0.25) is 0 Å². The van der Waals surface area contributed by atoms with Crippen molar-refractivity contribution in [2.75, 3.05) is 10.2 Å². The number of urea groups is 1. The number of anilines is 3. The third-order valence-corrected chi connectivity index (χ3v) is 8.68. The van der Waals surface area contributed by atoms with Gasteiger partial charge in [-0.15, -0.1) is 11.3 Å².